The Hall–Kier alpha value is -0.530. The number of amides is 1. The molecule has 2 fully saturated rings. The van der Waals surface area contributed by atoms with Gasteiger partial charge in [0.2, 0.25) is 5.91 Å². The van der Waals surface area contributed by atoms with Crippen molar-refractivity contribution >= 4 is 5.91 Å². The van der Waals surface area contributed by atoms with E-state index in [0.29, 0.717) is 5.92 Å². The SMILES string of the molecule is CNC(=O)C1CC2CCCC(C2)C1. The summed E-state index contributed by atoms with van der Waals surface area (Å²) in [6.07, 6.45) is 7.82. The molecule has 2 unspecified atom stereocenters. The van der Waals surface area contributed by atoms with Crippen molar-refractivity contribution < 1.29 is 4.79 Å². The van der Waals surface area contributed by atoms with Crippen molar-refractivity contribution in [3.05, 3.63) is 0 Å². The van der Waals surface area contributed by atoms with E-state index in [1.54, 1.807) is 7.05 Å². The monoisotopic (exact) mass is 181 g/mol. The lowest BCUT2D eigenvalue weighted by atomic mass is 9.68. The fourth-order valence-electron chi connectivity index (χ4n) is 3.15. The molecule has 0 heterocycles. The summed E-state index contributed by atoms with van der Waals surface area (Å²) in [6.45, 7) is 0. The van der Waals surface area contributed by atoms with Crippen LogP contribution in [0.5, 0.6) is 0 Å². The maximum absolute atomic E-state index is 11.5. The van der Waals surface area contributed by atoms with Crippen molar-refractivity contribution in [3.63, 3.8) is 0 Å². The first kappa shape index (κ1) is 9.04. The highest BCUT2D eigenvalue weighted by Crippen LogP contribution is 2.42. The average Bonchev–Trinajstić information content (AvgIpc) is 2.16. The molecular formula is C11H19NO. The number of rotatable bonds is 1. The molecule has 0 aromatic carbocycles. The van der Waals surface area contributed by atoms with E-state index < -0.39 is 0 Å². The van der Waals surface area contributed by atoms with Gasteiger partial charge in [-0.15, -0.1) is 0 Å². The fourth-order valence-corrected chi connectivity index (χ4v) is 3.15. The minimum Gasteiger partial charge on any atom is -0.359 e. The van der Waals surface area contributed by atoms with Crippen molar-refractivity contribution in [1.29, 1.82) is 0 Å². The molecule has 0 aliphatic heterocycles. The van der Waals surface area contributed by atoms with Crippen LogP contribution >= 0.6 is 0 Å². The normalized spacial score (nSPS) is 38.4. The third-order valence-corrected chi connectivity index (χ3v) is 3.74. The Bertz CT molecular complexity index is 190. The van der Waals surface area contributed by atoms with Gasteiger partial charge in [-0.2, -0.15) is 0 Å². The van der Waals surface area contributed by atoms with Crippen molar-refractivity contribution in [1.82, 2.24) is 5.32 Å². The minimum atomic E-state index is 0.275. The van der Waals surface area contributed by atoms with E-state index in [2.05, 4.69) is 5.32 Å². The lowest BCUT2D eigenvalue weighted by Gasteiger charge is -2.38. The largest absolute Gasteiger partial charge is 0.359 e. The smallest absolute Gasteiger partial charge is 0.222 e. The quantitative estimate of drug-likeness (QED) is 0.658. The Kier molecular flexibility index (Phi) is 2.56. The third kappa shape index (κ3) is 1.87. The molecule has 2 bridgehead atoms. The van der Waals surface area contributed by atoms with Crippen LogP contribution in [0.15, 0.2) is 0 Å². The molecule has 0 aromatic rings. The summed E-state index contributed by atoms with van der Waals surface area (Å²) in [4.78, 5) is 11.5. The summed E-state index contributed by atoms with van der Waals surface area (Å²) in [7, 11) is 1.76. The van der Waals surface area contributed by atoms with Crippen LogP contribution in [0.3, 0.4) is 0 Å². The molecule has 13 heavy (non-hydrogen) atoms. The van der Waals surface area contributed by atoms with Crippen LogP contribution in [0.2, 0.25) is 0 Å². The van der Waals surface area contributed by atoms with Gasteiger partial charge < -0.3 is 5.32 Å². The summed E-state index contributed by atoms with van der Waals surface area (Å²) in [5.74, 6) is 2.32. The average molecular weight is 181 g/mol. The van der Waals surface area contributed by atoms with Gasteiger partial charge in [0.05, 0.1) is 0 Å². The molecule has 0 saturated heterocycles. The Morgan fingerprint density at radius 1 is 1.15 bits per heavy atom. The molecule has 74 valence electrons. The van der Waals surface area contributed by atoms with Gasteiger partial charge in [-0.25, -0.2) is 0 Å². The molecule has 1 N–H and O–H groups in total. The number of fused-ring (bicyclic) bond motifs is 2. The summed E-state index contributed by atoms with van der Waals surface area (Å²) >= 11 is 0. The van der Waals surface area contributed by atoms with Gasteiger partial charge >= 0.3 is 0 Å². The van der Waals surface area contributed by atoms with E-state index >= 15 is 0 Å². The predicted octanol–water partition coefficient (Wildman–Crippen LogP) is 1.95. The van der Waals surface area contributed by atoms with E-state index in [1.165, 1.54) is 25.7 Å². The Morgan fingerprint density at radius 3 is 2.31 bits per heavy atom. The highest BCUT2D eigenvalue weighted by atomic mass is 16.1. The van der Waals surface area contributed by atoms with Crippen molar-refractivity contribution in [3.8, 4) is 0 Å². The van der Waals surface area contributed by atoms with Crippen LogP contribution in [-0.4, -0.2) is 13.0 Å². The van der Waals surface area contributed by atoms with E-state index in [-0.39, 0.29) is 5.91 Å². The van der Waals surface area contributed by atoms with Gasteiger partial charge in [0.15, 0.2) is 0 Å². The Morgan fingerprint density at radius 2 is 1.77 bits per heavy atom. The number of nitrogens with one attached hydrogen (secondary N) is 1. The zero-order valence-corrected chi connectivity index (χ0v) is 8.38. The van der Waals surface area contributed by atoms with Crippen LogP contribution in [0.25, 0.3) is 0 Å². The summed E-state index contributed by atoms with van der Waals surface area (Å²) in [6, 6.07) is 0. The third-order valence-electron chi connectivity index (χ3n) is 3.74. The zero-order chi connectivity index (χ0) is 9.26. The fraction of sp³-hybridized carbons (Fsp3) is 0.909. The second kappa shape index (κ2) is 3.69. The van der Waals surface area contributed by atoms with Gasteiger partial charge in [0.25, 0.3) is 0 Å². The number of carbonyl (C=O) groups is 1. The molecule has 2 aliphatic carbocycles. The highest BCUT2D eigenvalue weighted by Gasteiger charge is 2.34. The maximum atomic E-state index is 11.5. The minimum absolute atomic E-state index is 0.275. The van der Waals surface area contributed by atoms with Crippen molar-refractivity contribution in [2.24, 2.45) is 17.8 Å². The van der Waals surface area contributed by atoms with Crippen LogP contribution < -0.4 is 5.32 Å². The zero-order valence-electron chi connectivity index (χ0n) is 8.38. The number of carbonyl (C=O) groups excluding carboxylic acids is 1. The van der Waals surface area contributed by atoms with Crippen LogP contribution in [-0.2, 0) is 4.79 Å². The molecule has 2 aliphatic rings. The predicted molar refractivity (Wildman–Crippen MR) is 52.2 cm³/mol. The second-order valence-corrected chi connectivity index (χ2v) is 4.68. The number of hydrogen-bond donors (Lipinski definition) is 1. The van der Waals surface area contributed by atoms with Gasteiger partial charge in [0, 0.05) is 13.0 Å². The van der Waals surface area contributed by atoms with Crippen LogP contribution in [0.1, 0.15) is 38.5 Å². The van der Waals surface area contributed by atoms with Gasteiger partial charge in [0.1, 0.15) is 0 Å². The highest BCUT2D eigenvalue weighted by molar-refractivity contribution is 5.78. The topological polar surface area (TPSA) is 29.1 Å². The first-order chi connectivity index (χ1) is 6.29. The molecule has 2 atom stereocenters. The van der Waals surface area contributed by atoms with E-state index in [0.717, 1.165) is 24.7 Å². The standard InChI is InChI=1S/C11H19NO/c1-12-11(13)10-6-8-3-2-4-9(5-8)7-10/h8-10H,2-7H2,1H3,(H,12,13). The molecule has 2 nitrogen and oxygen atoms in total. The molecule has 1 amide bonds. The Labute approximate surface area is 80.1 Å². The lowest BCUT2D eigenvalue weighted by molar-refractivity contribution is -0.127. The Balaban J connectivity index is 1.97. The molecule has 2 heteroatoms. The molecular weight excluding hydrogens is 162 g/mol. The molecule has 0 radical (unpaired) electrons. The van der Waals surface area contributed by atoms with E-state index in [9.17, 15) is 4.79 Å². The van der Waals surface area contributed by atoms with Gasteiger partial charge in [-0.05, 0) is 31.1 Å². The first-order valence-electron chi connectivity index (χ1n) is 5.51. The van der Waals surface area contributed by atoms with Crippen molar-refractivity contribution in [2.75, 3.05) is 7.05 Å². The van der Waals surface area contributed by atoms with E-state index in [4.69, 9.17) is 0 Å². The summed E-state index contributed by atoms with van der Waals surface area (Å²) in [5.41, 5.74) is 0. The first-order valence-corrected chi connectivity index (χ1v) is 5.51. The second-order valence-electron chi connectivity index (χ2n) is 4.68. The van der Waals surface area contributed by atoms with Crippen LogP contribution in [0.4, 0.5) is 0 Å². The van der Waals surface area contributed by atoms with Gasteiger partial charge in [-0.3, -0.25) is 4.79 Å². The molecule has 0 aromatic heterocycles. The molecule has 0 spiro atoms. The number of hydrogen-bond acceptors (Lipinski definition) is 1. The summed E-state index contributed by atoms with van der Waals surface area (Å²) < 4.78 is 0. The maximum Gasteiger partial charge on any atom is 0.222 e. The van der Waals surface area contributed by atoms with Crippen molar-refractivity contribution in [2.45, 2.75) is 38.5 Å². The summed E-state index contributed by atoms with van der Waals surface area (Å²) in [5, 5.41) is 2.79. The van der Waals surface area contributed by atoms with Crippen LogP contribution in [0, 0.1) is 17.8 Å². The molecule has 2 rings (SSSR count). The molecule has 2 saturated carbocycles. The van der Waals surface area contributed by atoms with Gasteiger partial charge in [-0.1, -0.05) is 19.3 Å². The van der Waals surface area contributed by atoms with E-state index in [1.807, 2.05) is 0 Å². The lowest BCUT2D eigenvalue weighted by Crippen LogP contribution is -2.36.